The van der Waals surface area contributed by atoms with Gasteiger partial charge in [-0.2, -0.15) is 0 Å². The van der Waals surface area contributed by atoms with E-state index in [4.69, 9.17) is 0 Å². The van der Waals surface area contributed by atoms with Crippen molar-refractivity contribution in [2.75, 3.05) is 26.2 Å². The number of amides is 1. The molecule has 1 aliphatic heterocycles. The van der Waals surface area contributed by atoms with Crippen LogP contribution in [0.25, 0.3) is 0 Å². The summed E-state index contributed by atoms with van der Waals surface area (Å²) in [6, 6.07) is 14.8. The number of nitrogens with one attached hydrogen (secondary N) is 1. The summed E-state index contributed by atoms with van der Waals surface area (Å²) in [6.07, 6.45) is 0. The van der Waals surface area contributed by atoms with Crippen LogP contribution in [0.4, 0.5) is 4.39 Å². The molecular weight excluding hydrogens is 291 g/mol. The summed E-state index contributed by atoms with van der Waals surface area (Å²) in [7, 11) is 0. The first-order valence-corrected chi connectivity index (χ1v) is 8.06. The third-order valence-electron chi connectivity index (χ3n) is 4.44. The highest BCUT2D eigenvalue weighted by molar-refractivity contribution is 5.94. The minimum absolute atomic E-state index is 0.175. The molecule has 1 saturated heterocycles. The first-order valence-electron chi connectivity index (χ1n) is 8.06. The van der Waals surface area contributed by atoms with Gasteiger partial charge in [-0.25, -0.2) is 4.39 Å². The topological polar surface area (TPSA) is 24.8 Å². The Morgan fingerprint density at radius 1 is 1.09 bits per heavy atom. The number of quaternary nitrogens is 1. The Balaban J connectivity index is 1.57. The summed E-state index contributed by atoms with van der Waals surface area (Å²) in [5.41, 5.74) is 2.76. The van der Waals surface area contributed by atoms with Gasteiger partial charge in [0.15, 0.2) is 0 Å². The number of rotatable bonds is 3. The van der Waals surface area contributed by atoms with Crippen molar-refractivity contribution in [2.24, 2.45) is 0 Å². The van der Waals surface area contributed by atoms with Crippen LogP contribution >= 0.6 is 0 Å². The van der Waals surface area contributed by atoms with Gasteiger partial charge in [0.2, 0.25) is 0 Å². The van der Waals surface area contributed by atoms with Gasteiger partial charge in [-0.3, -0.25) is 4.79 Å². The Bertz CT molecular complexity index is 676. The van der Waals surface area contributed by atoms with E-state index in [0.29, 0.717) is 13.1 Å². The number of hydrogen-bond donors (Lipinski definition) is 1. The minimum Gasteiger partial charge on any atom is -0.328 e. The van der Waals surface area contributed by atoms with E-state index in [1.165, 1.54) is 22.1 Å². The number of carbonyl (C=O) groups excluding carboxylic acids is 1. The molecule has 0 aromatic heterocycles. The molecule has 0 radical (unpaired) electrons. The van der Waals surface area contributed by atoms with Gasteiger partial charge in [0.25, 0.3) is 5.91 Å². The van der Waals surface area contributed by atoms with Crippen molar-refractivity contribution >= 4 is 5.91 Å². The molecule has 3 nitrogen and oxygen atoms in total. The molecule has 0 unspecified atom stereocenters. The summed E-state index contributed by atoms with van der Waals surface area (Å²) in [6.45, 7) is 6.20. The predicted octanol–water partition coefficient (Wildman–Crippen LogP) is 1.68. The fourth-order valence-corrected chi connectivity index (χ4v) is 3.00. The van der Waals surface area contributed by atoms with Crippen molar-refractivity contribution in [3.05, 3.63) is 71.0 Å². The second-order valence-electron chi connectivity index (χ2n) is 6.18. The number of piperazine rings is 1. The van der Waals surface area contributed by atoms with Crippen LogP contribution in [0, 0.1) is 12.7 Å². The van der Waals surface area contributed by atoms with Crippen LogP contribution in [0.15, 0.2) is 48.5 Å². The molecular formula is C19H22FN2O+. The molecule has 120 valence electrons. The normalized spacial score (nSPS) is 15.7. The first-order chi connectivity index (χ1) is 11.1. The number of nitrogens with zero attached hydrogens (tertiary/aromatic N) is 1. The lowest BCUT2D eigenvalue weighted by Gasteiger charge is -2.32. The quantitative estimate of drug-likeness (QED) is 0.916. The molecule has 4 heteroatoms. The van der Waals surface area contributed by atoms with Crippen molar-refractivity contribution in [2.45, 2.75) is 13.5 Å². The van der Waals surface area contributed by atoms with E-state index in [1.807, 2.05) is 0 Å². The van der Waals surface area contributed by atoms with Gasteiger partial charge >= 0.3 is 0 Å². The maximum absolute atomic E-state index is 13.7. The molecule has 1 aliphatic rings. The lowest BCUT2D eigenvalue weighted by molar-refractivity contribution is -0.917. The second-order valence-corrected chi connectivity index (χ2v) is 6.18. The summed E-state index contributed by atoms with van der Waals surface area (Å²) < 4.78 is 13.7. The zero-order valence-electron chi connectivity index (χ0n) is 13.4. The Kier molecular flexibility index (Phi) is 4.72. The largest absolute Gasteiger partial charge is 0.328 e. The summed E-state index contributed by atoms with van der Waals surface area (Å²) in [5.74, 6) is -0.635. The van der Waals surface area contributed by atoms with E-state index < -0.39 is 5.82 Å². The summed E-state index contributed by atoms with van der Waals surface area (Å²) in [4.78, 5) is 15.6. The lowest BCUT2D eigenvalue weighted by Crippen LogP contribution is -3.13. The molecule has 0 spiro atoms. The average molecular weight is 313 g/mol. The van der Waals surface area contributed by atoms with Gasteiger partial charge in [0.05, 0.1) is 31.7 Å². The Hall–Kier alpha value is -2.20. The van der Waals surface area contributed by atoms with Gasteiger partial charge in [-0.15, -0.1) is 0 Å². The van der Waals surface area contributed by atoms with Gasteiger partial charge in [0, 0.05) is 5.56 Å². The third kappa shape index (κ3) is 3.77. The fourth-order valence-electron chi connectivity index (χ4n) is 3.00. The second kappa shape index (κ2) is 6.92. The highest BCUT2D eigenvalue weighted by Gasteiger charge is 2.25. The number of halogens is 1. The Labute approximate surface area is 136 Å². The minimum atomic E-state index is -0.438. The molecule has 2 aromatic carbocycles. The molecule has 0 bridgehead atoms. The molecule has 1 heterocycles. The standard InChI is InChI=1S/C19H21FN2O/c1-15-6-8-16(9-7-15)14-21-10-12-22(13-11-21)19(23)17-4-2-3-5-18(17)20/h2-9H,10-14H2,1H3/p+1. The van der Waals surface area contributed by atoms with Crippen molar-refractivity contribution in [3.63, 3.8) is 0 Å². The Morgan fingerprint density at radius 2 is 1.74 bits per heavy atom. The predicted molar refractivity (Wildman–Crippen MR) is 87.9 cm³/mol. The van der Waals surface area contributed by atoms with E-state index in [2.05, 4.69) is 31.2 Å². The van der Waals surface area contributed by atoms with E-state index in [1.54, 1.807) is 23.1 Å². The molecule has 1 amide bonds. The molecule has 2 aromatic rings. The third-order valence-corrected chi connectivity index (χ3v) is 4.44. The van der Waals surface area contributed by atoms with Crippen molar-refractivity contribution in [1.29, 1.82) is 0 Å². The first kappa shape index (κ1) is 15.7. The SMILES string of the molecule is Cc1ccc(C[NH+]2CCN(C(=O)c3ccccc3F)CC2)cc1. The van der Waals surface area contributed by atoms with Gasteiger partial charge in [-0.05, 0) is 19.1 Å². The van der Waals surface area contributed by atoms with Gasteiger partial charge in [0.1, 0.15) is 12.4 Å². The van der Waals surface area contributed by atoms with Crippen LogP contribution in [0.1, 0.15) is 21.5 Å². The summed E-state index contributed by atoms with van der Waals surface area (Å²) in [5, 5.41) is 0. The number of aryl methyl sites for hydroxylation is 1. The zero-order valence-corrected chi connectivity index (χ0v) is 13.4. The van der Waals surface area contributed by atoms with E-state index in [0.717, 1.165) is 19.6 Å². The van der Waals surface area contributed by atoms with E-state index in [9.17, 15) is 9.18 Å². The average Bonchev–Trinajstić information content (AvgIpc) is 2.57. The monoisotopic (exact) mass is 313 g/mol. The van der Waals surface area contributed by atoms with Crippen LogP contribution in [0.5, 0.6) is 0 Å². The van der Waals surface area contributed by atoms with Crippen LogP contribution in [0.3, 0.4) is 0 Å². The highest BCUT2D eigenvalue weighted by Crippen LogP contribution is 2.10. The highest BCUT2D eigenvalue weighted by atomic mass is 19.1. The lowest BCUT2D eigenvalue weighted by atomic mass is 10.1. The van der Waals surface area contributed by atoms with Crippen LogP contribution in [-0.2, 0) is 6.54 Å². The molecule has 0 atom stereocenters. The molecule has 23 heavy (non-hydrogen) atoms. The fraction of sp³-hybridized carbons (Fsp3) is 0.316. The van der Waals surface area contributed by atoms with Crippen LogP contribution in [0.2, 0.25) is 0 Å². The molecule has 3 rings (SSSR count). The van der Waals surface area contributed by atoms with Gasteiger partial charge < -0.3 is 9.80 Å². The maximum atomic E-state index is 13.7. The van der Waals surface area contributed by atoms with Crippen LogP contribution < -0.4 is 4.90 Å². The van der Waals surface area contributed by atoms with Crippen molar-refractivity contribution < 1.29 is 14.1 Å². The molecule has 1 N–H and O–H groups in total. The zero-order chi connectivity index (χ0) is 16.2. The number of carbonyl (C=O) groups is 1. The molecule has 0 saturated carbocycles. The van der Waals surface area contributed by atoms with E-state index in [-0.39, 0.29) is 11.5 Å². The number of hydrogen-bond acceptors (Lipinski definition) is 1. The van der Waals surface area contributed by atoms with Gasteiger partial charge in [-0.1, -0.05) is 42.0 Å². The molecule has 1 fully saturated rings. The summed E-state index contributed by atoms with van der Waals surface area (Å²) >= 11 is 0. The van der Waals surface area contributed by atoms with E-state index >= 15 is 0 Å². The smallest absolute Gasteiger partial charge is 0.257 e. The number of benzene rings is 2. The van der Waals surface area contributed by atoms with Crippen LogP contribution in [-0.4, -0.2) is 37.0 Å². The van der Waals surface area contributed by atoms with Crippen molar-refractivity contribution in [3.8, 4) is 0 Å². The van der Waals surface area contributed by atoms with Crippen molar-refractivity contribution in [1.82, 2.24) is 4.90 Å². The Morgan fingerprint density at radius 3 is 2.39 bits per heavy atom. The maximum Gasteiger partial charge on any atom is 0.257 e. The molecule has 0 aliphatic carbocycles.